The van der Waals surface area contributed by atoms with Crippen molar-refractivity contribution in [2.24, 2.45) is 0 Å². The van der Waals surface area contributed by atoms with E-state index in [9.17, 15) is 14.4 Å². The van der Waals surface area contributed by atoms with Crippen molar-refractivity contribution in [1.29, 1.82) is 0 Å². The third kappa shape index (κ3) is 1.44. The molecule has 0 heterocycles. The number of aliphatic carboxylic acids is 1. The lowest BCUT2D eigenvalue weighted by Gasteiger charge is -2.04. The van der Waals surface area contributed by atoms with E-state index in [-0.39, 0.29) is 12.2 Å². The molecule has 1 aromatic carbocycles. The number of fused-ring (bicyclic) bond motifs is 1. The summed E-state index contributed by atoms with van der Waals surface area (Å²) in [6, 6.07) is 6.83. The fourth-order valence-electron chi connectivity index (χ4n) is 1.85. The van der Waals surface area contributed by atoms with Gasteiger partial charge in [-0.15, -0.1) is 0 Å². The van der Waals surface area contributed by atoms with Crippen LogP contribution in [0.3, 0.4) is 0 Å². The number of benzene rings is 1. The van der Waals surface area contributed by atoms with Crippen molar-refractivity contribution in [3.63, 3.8) is 0 Å². The first-order valence-corrected chi connectivity index (χ1v) is 4.49. The normalized spacial score (nSPS) is 18.7. The van der Waals surface area contributed by atoms with E-state index in [1.165, 1.54) is 0 Å². The van der Waals surface area contributed by atoms with Gasteiger partial charge in [0.05, 0.1) is 0 Å². The SMILES string of the molecule is O=C(O)C(=O)C1C(=O)Cc2ccccc21. The Morgan fingerprint density at radius 2 is 1.93 bits per heavy atom. The van der Waals surface area contributed by atoms with Crippen LogP contribution in [0.2, 0.25) is 0 Å². The van der Waals surface area contributed by atoms with Crippen molar-refractivity contribution < 1.29 is 19.5 Å². The highest BCUT2D eigenvalue weighted by Crippen LogP contribution is 2.30. The summed E-state index contributed by atoms with van der Waals surface area (Å²) in [5, 5.41) is 8.58. The largest absolute Gasteiger partial charge is 0.475 e. The summed E-state index contributed by atoms with van der Waals surface area (Å²) >= 11 is 0. The van der Waals surface area contributed by atoms with Gasteiger partial charge in [0.25, 0.3) is 5.78 Å². The van der Waals surface area contributed by atoms with Gasteiger partial charge in [-0.3, -0.25) is 9.59 Å². The molecule has 1 aliphatic carbocycles. The lowest BCUT2D eigenvalue weighted by atomic mass is 9.96. The molecule has 1 unspecified atom stereocenters. The van der Waals surface area contributed by atoms with Gasteiger partial charge < -0.3 is 5.11 Å². The molecule has 0 fully saturated rings. The van der Waals surface area contributed by atoms with Crippen LogP contribution in [0, 0.1) is 0 Å². The third-order valence-corrected chi connectivity index (χ3v) is 2.53. The topological polar surface area (TPSA) is 71.4 Å². The Morgan fingerprint density at radius 1 is 1.27 bits per heavy atom. The zero-order valence-corrected chi connectivity index (χ0v) is 7.77. The number of carboxylic acids is 1. The minimum Gasteiger partial charge on any atom is -0.475 e. The molecule has 1 aromatic rings. The zero-order valence-electron chi connectivity index (χ0n) is 7.77. The first-order valence-electron chi connectivity index (χ1n) is 4.49. The smallest absolute Gasteiger partial charge is 0.373 e. The maximum Gasteiger partial charge on any atom is 0.373 e. The van der Waals surface area contributed by atoms with Crippen LogP contribution in [0.1, 0.15) is 17.0 Å². The van der Waals surface area contributed by atoms with Crippen LogP contribution < -0.4 is 0 Å². The molecule has 4 heteroatoms. The van der Waals surface area contributed by atoms with Gasteiger partial charge >= 0.3 is 5.97 Å². The summed E-state index contributed by atoms with van der Waals surface area (Å²) in [7, 11) is 0. The summed E-state index contributed by atoms with van der Waals surface area (Å²) in [6.45, 7) is 0. The predicted octanol–water partition coefficient (Wildman–Crippen LogP) is 0.549. The molecule has 0 aromatic heterocycles. The lowest BCUT2D eigenvalue weighted by molar-refractivity contribution is -0.151. The number of ketones is 2. The second kappa shape index (κ2) is 3.31. The highest BCUT2D eigenvalue weighted by molar-refractivity contribution is 6.40. The van der Waals surface area contributed by atoms with Crippen molar-refractivity contribution in [3.05, 3.63) is 35.4 Å². The van der Waals surface area contributed by atoms with Crippen LogP contribution in [-0.2, 0) is 20.8 Å². The maximum atomic E-state index is 11.5. The number of hydrogen-bond donors (Lipinski definition) is 1. The fourth-order valence-corrected chi connectivity index (χ4v) is 1.85. The number of carboxylic acid groups (broad SMARTS) is 1. The second-order valence-corrected chi connectivity index (χ2v) is 3.44. The first-order chi connectivity index (χ1) is 7.11. The van der Waals surface area contributed by atoms with E-state index in [4.69, 9.17) is 5.11 Å². The minimum absolute atomic E-state index is 0.153. The summed E-state index contributed by atoms with van der Waals surface area (Å²) in [5.41, 5.74) is 1.29. The molecule has 76 valence electrons. The van der Waals surface area contributed by atoms with Crippen LogP contribution in [0.4, 0.5) is 0 Å². The maximum absolute atomic E-state index is 11.5. The molecular weight excluding hydrogens is 196 g/mol. The second-order valence-electron chi connectivity index (χ2n) is 3.44. The predicted molar refractivity (Wildman–Crippen MR) is 50.5 cm³/mol. The number of carbonyl (C=O) groups excluding carboxylic acids is 2. The van der Waals surface area contributed by atoms with Gasteiger partial charge in [-0.1, -0.05) is 24.3 Å². The summed E-state index contributed by atoms with van der Waals surface area (Å²) in [4.78, 5) is 33.3. The Labute approximate surface area is 85.5 Å². The van der Waals surface area contributed by atoms with Crippen LogP contribution in [0.25, 0.3) is 0 Å². The van der Waals surface area contributed by atoms with E-state index < -0.39 is 17.7 Å². The molecule has 0 amide bonds. The van der Waals surface area contributed by atoms with Crippen molar-refractivity contribution >= 4 is 17.5 Å². The van der Waals surface area contributed by atoms with Gasteiger partial charge in [-0.2, -0.15) is 0 Å². The Morgan fingerprint density at radius 3 is 2.60 bits per heavy atom. The van der Waals surface area contributed by atoms with Gasteiger partial charge in [-0.25, -0.2) is 4.79 Å². The number of carbonyl (C=O) groups is 3. The van der Waals surface area contributed by atoms with Crippen LogP contribution in [-0.4, -0.2) is 22.6 Å². The number of Topliss-reactive ketones (excluding diaryl/α,β-unsaturated/α-hetero) is 2. The Bertz CT molecular complexity index is 461. The first kappa shape index (κ1) is 9.58. The molecule has 0 aliphatic heterocycles. The van der Waals surface area contributed by atoms with Gasteiger partial charge in [-0.05, 0) is 11.1 Å². The molecule has 0 radical (unpaired) electrons. The van der Waals surface area contributed by atoms with Gasteiger partial charge in [0, 0.05) is 6.42 Å². The minimum atomic E-state index is -1.55. The lowest BCUT2D eigenvalue weighted by Crippen LogP contribution is -2.25. The highest BCUT2D eigenvalue weighted by Gasteiger charge is 2.38. The molecule has 1 atom stereocenters. The summed E-state index contributed by atoms with van der Waals surface area (Å²) < 4.78 is 0. The Hall–Kier alpha value is -1.97. The summed E-state index contributed by atoms with van der Waals surface area (Å²) in [5.74, 6) is -4.02. The van der Waals surface area contributed by atoms with Gasteiger partial charge in [0.2, 0.25) is 0 Å². The van der Waals surface area contributed by atoms with E-state index in [1.54, 1.807) is 24.3 Å². The van der Waals surface area contributed by atoms with Crippen LogP contribution in [0.5, 0.6) is 0 Å². The van der Waals surface area contributed by atoms with E-state index in [1.807, 2.05) is 0 Å². The summed E-state index contributed by atoms with van der Waals surface area (Å²) in [6.07, 6.45) is 0.153. The molecule has 15 heavy (non-hydrogen) atoms. The Kier molecular flexibility index (Phi) is 2.11. The average molecular weight is 204 g/mol. The number of rotatable bonds is 2. The third-order valence-electron chi connectivity index (χ3n) is 2.53. The van der Waals surface area contributed by atoms with Crippen molar-refractivity contribution in [1.82, 2.24) is 0 Å². The Balaban J connectivity index is 2.46. The van der Waals surface area contributed by atoms with E-state index in [2.05, 4.69) is 0 Å². The van der Waals surface area contributed by atoms with Crippen molar-refractivity contribution in [2.45, 2.75) is 12.3 Å². The number of hydrogen-bond acceptors (Lipinski definition) is 3. The molecule has 4 nitrogen and oxygen atoms in total. The van der Waals surface area contributed by atoms with Gasteiger partial charge in [0.15, 0.2) is 5.78 Å². The highest BCUT2D eigenvalue weighted by atomic mass is 16.4. The van der Waals surface area contributed by atoms with Crippen molar-refractivity contribution in [3.8, 4) is 0 Å². The quantitative estimate of drug-likeness (QED) is 0.564. The van der Waals surface area contributed by atoms with Crippen LogP contribution >= 0.6 is 0 Å². The van der Waals surface area contributed by atoms with E-state index in [0.29, 0.717) is 5.56 Å². The van der Waals surface area contributed by atoms with E-state index in [0.717, 1.165) is 5.56 Å². The van der Waals surface area contributed by atoms with Crippen LogP contribution in [0.15, 0.2) is 24.3 Å². The molecule has 0 bridgehead atoms. The van der Waals surface area contributed by atoms with Crippen molar-refractivity contribution in [2.75, 3.05) is 0 Å². The molecule has 0 spiro atoms. The molecule has 0 saturated heterocycles. The molecule has 1 aliphatic rings. The van der Waals surface area contributed by atoms with Gasteiger partial charge in [0.1, 0.15) is 5.92 Å². The average Bonchev–Trinajstić information content (AvgIpc) is 2.52. The molecular formula is C11H8O4. The molecule has 2 rings (SSSR count). The fraction of sp³-hybridized carbons (Fsp3) is 0.182. The molecule has 0 saturated carbocycles. The standard InChI is InChI=1S/C11H8O4/c12-8-5-6-3-1-2-4-7(6)9(8)10(13)11(14)15/h1-4,9H,5H2,(H,14,15). The zero-order chi connectivity index (χ0) is 11.0. The molecule has 1 N–H and O–H groups in total. The van der Waals surface area contributed by atoms with E-state index >= 15 is 0 Å². The monoisotopic (exact) mass is 204 g/mol.